The van der Waals surface area contributed by atoms with Gasteiger partial charge in [0.15, 0.2) is 6.61 Å². The summed E-state index contributed by atoms with van der Waals surface area (Å²) in [6.07, 6.45) is 0.785. The van der Waals surface area contributed by atoms with E-state index < -0.39 is 11.9 Å². The van der Waals surface area contributed by atoms with E-state index in [0.717, 1.165) is 12.0 Å². The number of benzene rings is 2. The Hall–Kier alpha value is -2.31. The monoisotopic (exact) mass is 440 g/mol. The Morgan fingerprint density at radius 3 is 2.45 bits per heavy atom. The van der Waals surface area contributed by atoms with Crippen LogP contribution in [-0.2, 0) is 16.1 Å². The maximum Gasteiger partial charge on any atom is 0.261 e. The van der Waals surface area contributed by atoms with Gasteiger partial charge in [-0.1, -0.05) is 36.2 Å². The minimum absolute atomic E-state index is 0.156. The van der Waals surface area contributed by atoms with Gasteiger partial charge in [-0.15, -0.1) is 0 Å². The van der Waals surface area contributed by atoms with Gasteiger partial charge in [0.2, 0.25) is 5.91 Å². The summed E-state index contributed by atoms with van der Waals surface area (Å²) in [5, 5.41) is 3.56. The predicted molar refractivity (Wildman–Crippen MR) is 112 cm³/mol. The highest BCUT2D eigenvalue weighted by molar-refractivity contribution is 6.42. The Balaban J connectivity index is 2.15. The van der Waals surface area contributed by atoms with Crippen molar-refractivity contribution < 1.29 is 18.7 Å². The Kier molecular flexibility index (Phi) is 8.73. The minimum atomic E-state index is -0.722. The molecule has 0 aliphatic carbocycles. The summed E-state index contributed by atoms with van der Waals surface area (Å²) < 4.78 is 18.5. The first-order chi connectivity index (χ1) is 13.8. The van der Waals surface area contributed by atoms with Gasteiger partial charge in [0.1, 0.15) is 17.6 Å². The number of hydrogen-bond acceptors (Lipinski definition) is 3. The summed E-state index contributed by atoms with van der Waals surface area (Å²) in [5.74, 6) is -0.690. The number of amides is 2. The third-order valence-corrected chi connectivity index (χ3v) is 4.97. The molecule has 0 bridgehead atoms. The molecule has 29 heavy (non-hydrogen) atoms. The Bertz CT molecular complexity index is 846. The predicted octanol–water partition coefficient (Wildman–Crippen LogP) is 4.45. The summed E-state index contributed by atoms with van der Waals surface area (Å²) in [4.78, 5) is 26.7. The molecule has 0 aliphatic heterocycles. The molecule has 0 saturated carbocycles. The van der Waals surface area contributed by atoms with Gasteiger partial charge in [-0.05, 0) is 55.3 Å². The van der Waals surface area contributed by atoms with Crippen LogP contribution in [0.2, 0.25) is 10.0 Å². The quantitative estimate of drug-likeness (QED) is 0.626. The van der Waals surface area contributed by atoms with Crippen LogP contribution in [0, 0.1) is 5.82 Å². The van der Waals surface area contributed by atoms with Crippen molar-refractivity contribution in [3.8, 4) is 5.75 Å². The summed E-state index contributed by atoms with van der Waals surface area (Å²) in [6.45, 7) is 3.98. The van der Waals surface area contributed by atoms with Gasteiger partial charge >= 0.3 is 0 Å². The zero-order chi connectivity index (χ0) is 21.4. The summed E-state index contributed by atoms with van der Waals surface area (Å²) in [7, 11) is 0. The summed E-state index contributed by atoms with van der Waals surface area (Å²) in [6, 6.07) is 9.67. The maximum absolute atomic E-state index is 13.0. The van der Waals surface area contributed by atoms with Crippen molar-refractivity contribution in [2.24, 2.45) is 0 Å². The van der Waals surface area contributed by atoms with Crippen LogP contribution in [0.1, 0.15) is 25.8 Å². The molecule has 0 radical (unpaired) electrons. The molecule has 0 saturated heterocycles. The zero-order valence-corrected chi connectivity index (χ0v) is 17.8. The van der Waals surface area contributed by atoms with Crippen molar-refractivity contribution >= 4 is 35.0 Å². The molecule has 0 spiro atoms. The maximum atomic E-state index is 13.0. The van der Waals surface area contributed by atoms with E-state index in [9.17, 15) is 14.0 Å². The standard InChI is InChI=1S/C21H23Cl2FN2O3/c1-3-10-25-21(28)14(2)26(12-15-4-9-18(22)19(23)11-15)20(27)13-29-17-7-5-16(24)6-8-17/h4-9,11,14H,3,10,12-13H2,1-2H3,(H,25,28). The lowest BCUT2D eigenvalue weighted by Gasteiger charge is -2.28. The first-order valence-corrected chi connectivity index (χ1v) is 9.97. The van der Waals surface area contributed by atoms with Crippen LogP contribution in [0.25, 0.3) is 0 Å². The fraction of sp³-hybridized carbons (Fsp3) is 0.333. The largest absolute Gasteiger partial charge is 0.484 e. The van der Waals surface area contributed by atoms with Crippen LogP contribution in [0.4, 0.5) is 4.39 Å². The van der Waals surface area contributed by atoms with Gasteiger partial charge in [0, 0.05) is 13.1 Å². The Morgan fingerprint density at radius 1 is 1.14 bits per heavy atom. The summed E-state index contributed by atoms with van der Waals surface area (Å²) >= 11 is 12.0. The van der Waals surface area contributed by atoms with Crippen molar-refractivity contribution in [1.82, 2.24) is 10.2 Å². The molecular weight excluding hydrogens is 418 g/mol. The van der Waals surface area contributed by atoms with Gasteiger partial charge in [0.25, 0.3) is 5.91 Å². The molecule has 1 N–H and O–H groups in total. The van der Waals surface area contributed by atoms with Crippen LogP contribution in [0.15, 0.2) is 42.5 Å². The van der Waals surface area contributed by atoms with Gasteiger partial charge < -0.3 is 15.0 Å². The lowest BCUT2D eigenvalue weighted by molar-refractivity contribution is -0.142. The Labute approximate surface area is 179 Å². The molecule has 5 nitrogen and oxygen atoms in total. The van der Waals surface area contributed by atoms with E-state index in [1.165, 1.54) is 29.2 Å². The van der Waals surface area contributed by atoms with Crippen molar-refractivity contribution in [1.29, 1.82) is 0 Å². The third-order valence-electron chi connectivity index (χ3n) is 4.23. The fourth-order valence-electron chi connectivity index (χ4n) is 2.57. The average Bonchev–Trinajstić information content (AvgIpc) is 2.71. The van der Waals surface area contributed by atoms with Gasteiger partial charge in [-0.2, -0.15) is 0 Å². The van der Waals surface area contributed by atoms with E-state index in [0.29, 0.717) is 22.3 Å². The van der Waals surface area contributed by atoms with E-state index in [1.54, 1.807) is 25.1 Å². The van der Waals surface area contributed by atoms with Gasteiger partial charge in [0.05, 0.1) is 10.0 Å². The smallest absolute Gasteiger partial charge is 0.261 e. The number of carbonyl (C=O) groups is 2. The van der Waals surface area contributed by atoms with E-state index in [-0.39, 0.29) is 25.0 Å². The topological polar surface area (TPSA) is 58.6 Å². The minimum Gasteiger partial charge on any atom is -0.484 e. The number of carbonyl (C=O) groups excluding carboxylic acids is 2. The van der Waals surface area contributed by atoms with Gasteiger partial charge in [-0.3, -0.25) is 9.59 Å². The highest BCUT2D eigenvalue weighted by Crippen LogP contribution is 2.24. The molecule has 2 aromatic rings. The normalized spacial score (nSPS) is 11.6. The zero-order valence-electron chi connectivity index (χ0n) is 16.3. The Morgan fingerprint density at radius 2 is 1.83 bits per heavy atom. The summed E-state index contributed by atoms with van der Waals surface area (Å²) in [5.41, 5.74) is 0.727. The van der Waals surface area contributed by atoms with Crippen molar-refractivity contribution in [2.75, 3.05) is 13.2 Å². The molecule has 0 aliphatic rings. The van der Waals surface area contributed by atoms with Gasteiger partial charge in [-0.25, -0.2) is 4.39 Å². The number of nitrogens with zero attached hydrogens (tertiary/aromatic N) is 1. The lowest BCUT2D eigenvalue weighted by atomic mass is 10.1. The molecule has 8 heteroatoms. The fourth-order valence-corrected chi connectivity index (χ4v) is 2.89. The highest BCUT2D eigenvalue weighted by Gasteiger charge is 2.26. The molecule has 2 rings (SSSR count). The van der Waals surface area contributed by atoms with E-state index in [4.69, 9.17) is 27.9 Å². The van der Waals surface area contributed by atoms with Crippen molar-refractivity contribution in [3.63, 3.8) is 0 Å². The molecule has 0 fully saturated rings. The van der Waals surface area contributed by atoms with E-state index in [2.05, 4.69) is 5.32 Å². The van der Waals surface area contributed by atoms with Crippen molar-refractivity contribution in [3.05, 3.63) is 63.9 Å². The number of hydrogen-bond donors (Lipinski definition) is 1. The van der Waals surface area contributed by atoms with E-state index in [1.807, 2.05) is 6.92 Å². The lowest BCUT2D eigenvalue weighted by Crippen LogP contribution is -2.49. The molecule has 1 unspecified atom stereocenters. The van der Waals surface area contributed by atoms with Crippen LogP contribution < -0.4 is 10.1 Å². The first-order valence-electron chi connectivity index (χ1n) is 9.21. The molecule has 0 aromatic heterocycles. The number of halogens is 3. The number of nitrogens with one attached hydrogen (secondary N) is 1. The molecule has 2 amide bonds. The third kappa shape index (κ3) is 6.91. The van der Waals surface area contributed by atoms with Crippen LogP contribution in [0.5, 0.6) is 5.75 Å². The molecule has 2 aromatic carbocycles. The number of rotatable bonds is 9. The van der Waals surface area contributed by atoms with Crippen LogP contribution in [0.3, 0.4) is 0 Å². The van der Waals surface area contributed by atoms with Crippen LogP contribution in [-0.4, -0.2) is 35.9 Å². The number of ether oxygens (including phenoxy) is 1. The first kappa shape index (κ1) is 23.0. The molecule has 156 valence electrons. The molecule has 1 atom stereocenters. The van der Waals surface area contributed by atoms with E-state index >= 15 is 0 Å². The second-order valence-electron chi connectivity index (χ2n) is 6.48. The van der Waals surface area contributed by atoms with Crippen LogP contribution >= 0.6 is 23.2 Å². The molecular formula is C21H23Cl2FN2O3. The average molecular weight is 441 g/mol. The second-order valence-corrected chi connectivity index (χ2v) is 7.29. The SMILES string of the molecule is CCCNC(=O)C(C)N(Cc1ccc(Cl)c(Cl)c1)C(=O)COc1ccc(F)cc1. The second kappa shape index (κ2) is 11.0. The highest BCUT2D eigenvalue weighted by atomic mass is 35.5. The van der Waals surface area contributed by atoms with Crippen molar-refractivity contribution in [2.45, 2.75) is 32.9 Å². The molecule has 0 heterocycles.